The van der Waals surface area contributed by atoms with Crippen LogP contribution in [0.15, 0.2) is 23.3 Å². The van der Waals surface area contributed by atoms with Gasteiger partial charge in [0, 0.05) is 6.61 Å². The Kier molecular flexibility index (Phi) is 4.21. The first-order valence-corrected chi connectivity index (χ1v) is 7.30. The highest BCUT2D eigenvalue weighted by Gasteiger charge is 2.23. The molecule has 1 aliphatic rings. The number of hydrogen-bond acceptors (Lipinski definition) is 6. The maximum atomic E-state index is 9.60. The Morgan fingerprint density at radius 1 is 1.59 bits per heavy atom. The standard InChI is InChI=1S/C14H16N4O3S/c1-20-12-7-9(4-5-10(12)19)8-15-18-13(16-17-14(18)22)11-3-2-6-21-11/h4-5,7-8,11,19H,2-3,6H2,1H3,(H,17,22)/b15-8+/t11-/m0/s1. The predicted octanol–water partition coefficient (Wildman–Crippen LogP) is 2.39. The van der Waals surface area contributed by atoms with Gasteiger partial charge in [-0.3, -0.25) is 5.10 Å². The van der Waals surface area contributed by atoms with Crippen molar-refractivity contribution in [3.63, 3.8) is 0 Å². The summed E-state index contributed by atoms with van der Waals surface area (Å²) in [6, 6.07) is 4.97. The zero-order chi connectivity index (χ0) is 15.5. The van der Waals surface area contributed by atoms with E-state index in [1.54, 1.807) is 29.1 Å². The van der Waals surface area contributed by atoms with Crippen LogP contribution in [-0.4, -0.2) is 39.9 Å². The first-order valence-electron chi connectivity index (χ1n) is 6.89. The number of ether oxygens (including phenoxy) is 2. The van der Waals surface area contributed by atoms with Gasteiger partial charge in [-0.25, -0.2) is 0 Å². The lowest BCUT2D eigenvalue weighted by Crippen LogP contribution is -2.05. The zero-order valence-electron chi connectivity index (χ0n) is 12.0. The number of aromatic nitrogens is 3. The minimum atomic E-state index is -0.0838. The van der Waals surface area contributed by atoms with Gasteiger partial charge in [0.05, 0.1) is 13.3 Å². The van der Waals surface area contributed by atoms with Gasteiger partial charge in [-0.05, 0) is 48.8 Å². The normalized spacial score (nSPS) is 18.1. The number of benzene rings is 1. The second-order valence-electron chi connectivity index (χ2n) is 4.88. The number of aromatic amines is 1. The van der Waals surface area contributed by atoms with Crippen molar-refractivity contribution in [3.05, 3.63) is 34.4 Å². The first kappa shape index (κ1) is 14.7. The van der Waals surface area contributed by atoms with E-state index in [4.69, 9.17) is 21.7 Å². The lowest BCUT2D eigenvalue weighted by molar-refractivity contribution is 0.102. The number of rotatable bonds is 4. The number of hydrogen-bond donors (Lipinski definition) is 2. The number of phenolic OH excluding ortho intramolecular Hbond substituents is 1. The fraction of sp³-hybridized carbons (Fsp3) is 0.357. The van der Waals surface area contributed by atoms with E-state index in [0.717, 1.165) is 25.0 Å². The third-order valence-electron chi connectivity index (χ3n) is 3.42. The van der Waals surface area contributed by atoms with Gasteiger partial charge >= 0.3 is 0 Å². The second kappa shape index (κ2) is 6.29. The second-order valence-corrected chi connectivity index (χ2v) is 5.26. The topological polar surface area (TPSA) is 84.7 Å². The third kappa shape index (κ3) is 2.88. The molecule has 1 saturated heterocycles. The molecule has 1 aromatic carbocycles. The predicted molar refractivity (Wildman–Crippen MR) is 83.0 cm³/mol. The van der Waals surface area contributed by atoms with E-state index >= 15 is 0 Å². The average molecular weight is 320 g/mol. The molecular formula is C14H16N4O3S. The summed E-state index contributed by atoms with van der Waals surface area (Å²) in [7, 11) is 1.50. The van der Waals surface area contributed by atoms with Gasteiger partial charge in [-0.2, -0.15) is 14.9 Å². The molecule has 22 heavy (non-hydrogen) atoms. The summed E-state index contributed by atoms with van der Waals surface area (Å²) < 4.78 is 12.7. The molecule has 1 fully saturated rings. The molecule has 0 unspecified atom stereocenters. The van der Waals surface area contributed by atoms with E-state index in [2.05, 4.69) is 15.3 Å². The van der Waals surface area contributed by atoms with E-state index in [-0.39, 0.29) is 11.9 Å². The quantitative estimate of drug-likeness (QED) is 0.667. The molecule has 0 amide bonds. The molecule has 1 atom stereocenters. The van der Waals surface area contributed by atoms with Crippen LogP contribution in [-0.2, 0) is 4.74 Å². The smallest absolute Gasteiger partial charge is 0.216 e. The number of nitrogens with zero attached hydrogens (tertiary/aromatic N) is 3. The maximum absolute atomic E-state index is 9.60. The van der Waals surface area contributed by atoms with Crippen LogP contribution >= 0.6 is 12.2 Å². The Bertz CT molecular complexity index is 747. The van der Waals surface area contributed by atoms with Crippen molar-refractivity contribution >= 4 is 18.4 Å². The van der Waals surface area contributed by atoms with Gasteiger partial charge in [0.1, 0.15) is 6.10 Å². The molecule has 2 aromatic rings. The molecule has 2 N–H and O–H groups in total. The van der Waals surface area contributed by atoms with Crippen molar-refractivity contribution in [2.24, 2.45) is 5.10 Å². The third-order valence-corrected chi connectivity index (χ3v) is 3.68. The van der Waals surface area contributed by atoms with Crippen molar-refractivity contribution in [2.45, 2.75) is 18.9 Å². The fourth-order valence-corrected chi connectivity index (χ4v) is 2.49. The molecular weight excluding hydrogens is 304 g/mol. The molecule has 0 aliphatic carbocycles. The SMILES string of the molecule is COc1cc(/C=N/n2c([C@@H]3CCCO3)n[nH]c2=S)ccc1O. The Hall–Kier alpha value is -2.19. The molecule has 116 valence electrons. The molecule has 1 aromatic heterocycles. The van der Waals surface area contributed by atoms with Crippen molar-refractivity contribution in [3.8, 4) is 11.5 Å². The molecule has 8 heteroatoms. The molecule has 0 radical (unpaired) electrons. The summed E-state index contributed by atoms with van der Waals surface area (Å²) >= 11 is 5.20. The van der Waals surface area contributed by atoms with Crippen molar-refractivity contribution in [1.29, 1.82) is 0 Å². The van der Waals surface area contributed by atoms with Crippen molar-refractivity contribution < 1.29 is 14.6 Å². The average Bonchev–Trinajstić information content (AvgIpc) is 3.16. The van der Waals surface area contributed by atoms with Gasteiger partial charge in [-0.15, -0.1) is 0 Å². The summed E-state index contributed by atoms with van der Waals surface area (Å²) in [6.07, 6.45) is 3.45. The van der Waals surface area contributed by atoms with E-state index in [1.165, 1.54) is 7.11 Å². The van der Waals surface area contributed by atoms with Crippen LogP contribution in [0.1, 0.15) is 30.3 Å². The molecule has 2 heterocycles. The van der Waals surface area contributed by atoms with Gasteiger partial charge in [0.15, 0.2) is 17.3 Å². The van der Waals surface area contributed by atoms with E-state index in [1.807, 2.05) is 0 Å². The number of methoxy groups -OCH3 is 1. The fourth-order valence-electron chi connectivity index (χ4n) is 2.30. The van der Waals surface area contributed by atoms with E-state index < -0.39 is 0 Å². The van der Waals surface area contributed by atoms with Crippen LogP contribution in [0.4, 0.5) is 0 Å². The molecule has 0 spiro atoms. The number of phenols is 1. The van der Waals surface area contributed by atoms with Crippen LogP contribution in [0.3, 0.4) is 0 Å². The summed E-state index contributed by atoms with van der Waals surface area (Å²) in [5.41, 5.74) is 0.774. The van der Waals surface area contributed by atoms with Crippen molar-refractivity contribution in [2.75, 3.05) is 13.7 Å². The maximum Gasteiger partial charge on any atom is 0.216 e. The first-order chi connectivity index (χ1) is 10.7. The largest absolute Gasteiger partial charge is 0.504 e. The van der Waals surface area contributed by atoms with Gasteiger partial charge in [0.2, 0.25) is 4.77 Å². The van der Waals surface area contributed by atoms with Gasteiger partial charge in [-0.1, -0.05) is 0 Å². The number of H-pyrrole nitrogens is 1. The molecule has 3 rings (SSSR count). The summed E-state index contributed by atoms with van der Waals surface area (Å²) in [4.78, 5) is 0. The highest BCUT2D eigenvalue weighted by Crippen LogP contribution is 2.27. The van der Waals surface area contributed by atoms with E-state index in [9.17, 15) is 5.11 Å². The monoisotopic (exact) mass is 320 g/mol. The lowest BCUT2D eigenvalue weighted by Gasteiger charge is -2.07. The van der Waals surface area contributed by atoms with Crippen molar-refractivity contribution in [1.82, 2.24) is 14.9 Å². The van der Waals surface area contributed by atoms with Gasteiger partial charge in [0.25, 0.3) is 0 Å². The summed E-state index contributed by atoms with van der Waals surface area (Å²) in [6.45, 7) is 0.725. The zero-order valence-corrected chi connectivity index (χ0v) is 12.8. The molecule has 7 nitrogen and oxygen atoms in total. The summed E-state index contributed by atoms with van der Waals surface area (Å²) in [5.74, 6) is 1.14. The van der Waals surface area contributed by atoms with E-state index in [0.29, 0.717) is 16.3 Å². The Balaban J connectivity index is 1.89. The molecule has 0 saturated carbocycles. The lowest BCUT2D eigenvalue weighted by atomic mass is 10.2. The van der Waals surface area contributed by atoms with Crippen LogP contribution in [0.25, 0.3) is 0 Å². The summed E-state index contributed by atoms with van der Waals surface area (Å²) in [5, 5.41) is 20.9. The molecule has 0 bridgehead atoms. The highest BCUT2D eigenvalue weighted by molar-refractivity contribution is 7.71. The Morgan fingerprint density at radius 3 is 3.18 bits per heavy atom. The van der Waals surface area contributed by atoms with Crippen LogP contribution in [0.5, 0.6) is 11.5 Å². The minimum Gasteiger partial charge on any atom is -0.504 e. The van der Waals surface area contributed by atoms with Crippen LogP contribution in [0, 0.1) is 4.77 Å². The number of aromatic hydroxyl groups is 1. The minimum absolute atomic E-state index is 0.0830. The Labute approximate surface area is 132 Å². The van der Waals surface area contributed by atoms with Gasteiger partial charge < -0.3 is 14.6 Å². The molecule has 1 aliphatic heterocycles. The van der Waals surface area contributed by atoms with Crippen LogP contribution in [0.2, 0.25) is 0 Å². The highest BCUT2D eigenvalue weighted by atomic mass is 32.1. The van der Waals surface area contributed by atoms with Crippen LogP contribution < -0.4 is 4.74 Å². The number of nitrogens with one attached hydrogen (secondary N) is 1. The Morgan fingerprint density at radius 2 is 2.45 bits per heavy atom.